The number of oxazole rings is 1. The van der Waals surface area contributed by atoms with Crippen LogP contribution >= 0.6 is 0 Å². The molecule has 9 nitrogen and oxygen atoms in total. The highest BCUT2D eigenvalue weighted by molar-refractivity contribution is 6.02. The van der Waals surface area contributed by atoms with Crippen molar-refractivity contribution in [2.24, 2.45) is 5.92 Å². The van der Waals surface area contributed by atoms with Gasteiger partial charge in [-0.05, 0) is 24.5 Å². The van der Waals surface area contributed by atoms with Crippen LogP contribution in [-0.2, 0) is 11.2 Å². The highest BCUT2D eigenvalue weighted by atomic mass is 16.4. The molecule has 1 saturated carbocycles. The van der Waals surface area contributed by atoms with Gasteiger partial charge in [0.15, 0.2) is 5.82 Å². The number of hydrogen-bond acceptors (Lipinski definition) is 7. The summed E-state index contributed by atoms with van der Waals surface area (Å²) in [5.41, 5.74) is 1.62. The molecule has 2 amide bonds. The zero-order valence-electron chi connectivity index (χ0n) is 15.6. The second-order valence-electron chi connectivity index (χ2n) is 7.25. The monoisotopic (exact) mass is 390 g/mol. The number of nitrogens with one attached hydrogen (secondary N) is 1. The molecule has 1 aliphatic carbocycles. The minimum absolute atomic E-state index is 0.00481. The van der Waals surface area contributed by atoms with Crippen LogP contribution in [0.2, 0.25) is 0 Å². The molecular formula is C20H18N6O3. The van der Waals surface area contributed by atoms with Gasteiger partial charge in [-0.3, -0.25) is 24.5 Å². The lowest BCUT2D eigenvalue weighted by atomic mass is 10.1. The number of hydrogen-bond donors (Lipinski definition) is 1. The number of amides is 2. The van der Waals surface area contributed by atoms with E-state index in [2.05, 4.69) is 25.3 Å². The van der Waals surface area contributed by atoms with E-state index in [1.54, 1.807) is 25.6 Å². The zero-order valence-corrected chi connectivity index (χ0v) is 15.6. The van der Waals surface area contributed by atoms with Crippen LogP contribution in [0.5, 0.6) is 0 Å². The Hall–Kier alpha value is -3.62. The molecule has 0 bridgehead atoms. The molecule has 9 heteroatoms. The van der Waals surface area contributed by atoms with Crippen LogP contribution in [0.4, 0.5) is 5.82 Å². The van der Waals surface area contributed by atoms with Crippen LogP contribution in [-0.4, -0.2) is 44.8 Å². The van der Waals surface area contributed by atoms with Crippen molar-refractivity contribution in [1.82, 2.24) is 25.3 Å². The molecule has 3 aromatic rings. The van der Waals surface area contributed by atoms with Gasteiger partial charge in [0.2, 0.25) is 0 Å². The molecule has 5 rings (SSSR count). The molecule has 29 heavy (non-hydrogen) atoms. The Kier molecular flexibility index (Phi) is 4.08. The summed E-state index contributed by atoms with van der Waals surface area (Å²) in [5, 5.41) is 2.80. The average Bonchev–Trinajstić information content (AvgIpc) is 3.41. The maximum absolute atomic E-state index is 12.9. The van der Waals surface area contributed by atoms with E-state index in [0.29, 0.717) is 18.0 Å². The highest BCUT2D eigenvalue weighted by Gasteiger charge is 2.53. The third-order valence-electron chi connectivity index (χ3n) is 5.36. The first-order valence-electron chi connectivity index (χ1n) is 9.36. The predicted octanol–water partition coefficient (Wildman–Crippen LogP) is 1.33. The summed E-state index contributed by atoms with van der Waals surface area (Å²) >= 11 is 0. The molecule has 1 N–H and O–H groups in total. The van der Waals surface area contributed by atoms with Crippen LogP contribution in [0.15, 0.2) is 47.4 Å². The fraction of sp³-hybridized carbons (Fsp3) is 0.300. The Balaban J connectivity index is 1.32. The van der Waals surface area contributed by atoms with Crippen molar-refractivity contribution >= 4 is 17.6 Å². The third kappa shape index (κ3) is 3.14. The van der Waals surface area contributed by atoms with Crippen molar-refractivity contribution in [3.05, 3.63) is 66.0 Å². The Morgan fingerprint density at radius 1 is 1.21 bits per heavy atom. The number of fused-ring (bicyclic) bond motifs is 3. The van der Waals surface area contributed by atoms with Crippen LogP contribution < -0.4 is 10.2 Å². The van der Waals surface area contributed by atoms with E-state index in [1.807, 2.05) is 18.2 Å². The normalized spacial score (nSPS) is 22.4. The van der Waals surface area contributed by atoms with Gasteiger partial charge < -0.3 is 9.73 Å². The molecule has 146 valence electrons. The molecular weight excluding hydrogens is 372 g/mol. The second kappa shape index (κ2) is 6.77. The molecule has 1 fully saturated rings. The van der Waals surface area contributed by atoms with Gasteiger partial charge in [-0.15, -0.1) is 0 Å². The van der Waals surface area contributed by atoms with Crippen molar-refractivity contribution in [2.75, 3.05) is 11.9 Å². The summed E-state index contributed by atoms with van der Waals surface area (Å²) in [5.74, 6) is 0.393. The van der Waals surface area contributed by atoms with E-state index < -0.39 is 11.9 Å². The average molecular weight is 390 g/mol. The van der Waals surface area contributed by atoms with E-state index in [-0.39, 0.29) is 23.6 Å². The zero-order chi connectivity index (χ0) is 20.0. The van der Waals surface area contributed by atoms with Crippen molar-refractivity contribution in [2.45, 2.75) is 24.8 Å². The fourth-order valence-electron chi connectivity index (χ4n) is 3.80. The minimum atomic E-state index is -0.667. The molecule has 0 radical (unpaired) electrons. The van der Waals surface area contributed by atoms with Gasteiger partial charge in [-0.25, -0.2) is 9.97 Å². The molecule has 2 aliphatic rings. The molecule has 3 atom stereocenters. The Labute approximate surface area is 166 Å². The van der Waals surface area contributed by atoms with E-state index in [1.165, 1.54) is 11.1 Å². The van der Waals surface area contributed by atoms with Crippen molar-refractivity contribution < 1.29 is 14.0 Å². The molecule has 4 heterocycles. The number of carbonyl (C=O) groups excluding carboxylic acids is 2. The lowest BCUT2D eigenvalue weighted by Crippen LogP contribution is -2.48. The third-order valence-corrected chi connectivity index (χ3v) is 5.36. The van der Waals surface area contributed by atoms with E-state index in [0.717, 1.165) is 17.8 Å². The van der Waals surface area contributed by atoms with Crippen LogP contribution in [0.25, 0.3) is 0 Å². The van der Waals surface area contributed by atoms with Gasteiger partial charge >= 0.3 is 5.91 Å². The number of nitrogens with zero attached hydrogens (tertiary/aromatic N) is 5. The summed E-state index contributed by atoms with van der Waals surface area (Å²) in [6.07, 6.45) is 7.61. The molecule has 0 spiro atoms. The first-order chi connectivity index (χ1) is 14.1. The molecule has 3 aromatic heterocycles. The van der Waals surface area contributed by atoms with Gasteiger partial charge in [-0.2, -0.15) is 0 Å². The maximum Gasteiger partial charge on any atom is 0.307 e. The van der Waals surface area contributed by atoms with E-state index >= 15 is 0 Å². The number of rotatable bonds is 4. The van der Waals surface area contributed by atoms with E-state index in [9.17, 15) is 9.59 Å². The summed E-state index contributed by atoms with van der Waals surface area (Å²) in [7, 11) is 1.65. The summed E-state index contributed by atoms with van der Waals surface area (Å²) in [4.78, 5) is 44.1. The smallest absolute Gasteiger partial charge is 0.307 e. The first-order valence-corrected chi connectivity index (χ1v) is 9.36. The van der Waals surface area contributed by atoms with Crippen LogP contribution in [0.3, 0.4) is 0 Å². The van der Waals surface area contributed by atoms with Gasteiger partial charge in [0.1, 0.15) is 11.8 Å². The molecule has 1 aliphatic heterocycles. The second-order valence-corrected chi connectivity index (χ2v) is 7.25. The standard InChI is InChI=1S/C20H18N6O3/c1-26-17-15(22-6-7-23-17)13-9-14(13)16(20(26)28)25-18(27)19-24-10-12(29-19)8-11-4-2-3-5-21-11/h2-7,10,13-14,16H,8-9H2,1H3,(H,25,27)/t13-,14+,16+/m1/s1. The van der Waals surface area contributed by atoms with Crippen LogP contribution in [0.1, 0.15) is 40.2 Å². The molecule has 0 saturated heterocycles. The number of anilines is 1. The Morgan fingerprint density at radius 2 is 2.07 bits per heavy atom. The summed E-state index contributed by atoms with van der Waals surface area (Å²) in [6.45, 7) is 0. The van der Waals surface area contributed by atoms with Crippen molar-refractivity contribution in [3.8, 4) is 0 Å². The summed E-state index contributed by atoms with van der Waals surface area (Å²) < 4.78 is 5.58. The lowest BCUT2D eigenvalue weighted by Gasteiger charge is -2.22. The van der Waals surface area contributed by atoms with Crippen molar-refractivity contribution in [1.29, 1.82) is 0 Å². The predicted molar refractivity (Wildman–Crippen MR) is 101 cm³/mol. The van der Waals surface area contributed by atoms with Gasteiger partial charge in [0.05, 0.1) is 11.9 Å². The Morgan fingerprint density at radius 3 is 2.90 bits per heavy atom. The number of likely N-dealkylation sites (N-methyl/N-ethyl adjacent to an activating group) is 1. The molecule has 0 unspecified atom stereocenters. The van der Waals surface area contributed by atoms with Crippen molar-refractivity contribution in [3.63, 3.8) is 0 Å². The fourth-order valence-corrected chi connectivity index (χ4v) is 3.80. The SMILES string of the molecule is CN1C(=O)[C@@H](NC(=O)c2ncc(Cc3ccccn3)o2)[C@H]2C[C@H]2c2nccnc21. The van der Waals surface area contributed by atoms with Gasteiger partial charge in [0, 0.05) is 43.7 Å². The molecule has 0 aromatic carbocycles. The van der Waals surface area contributed by atoms with Gasteiger partial charge in [0.25, 0.3) is 11.8 Å². The number of aromatic nitrogens is 4. The topological polar surface area (TPSA) is 114 Å². The van der Waals surface area contributed by atoms with E-state index in [4.69, 9.17) is 4.42 Å². The highest BCUT2D eigenvalue weighted by Crippen LogP contribution is 2.53. The quantitative estimate of drug-likeness (QED) is 0.715. The number of pyridine rings is 1. The summed E-state index contributed by atoms with van der Waals surface area (Å²) in [6, 6.07) is 4.92. The Bertz CT molecular complexity index is 1080. The minimum Gasteiger partial charge on any atom is -0.437 e. The first kappa shape index (κ1) is 17.5. The number of carbonyl (C=O) groups is 2. The maximum atomic E-state index is 12.9. The van der Waals surface area contributed by atoms with Gasteiger partial charge in [-0.1, -0.05) is 6.07 Å². The van der Waals surface area contributed by atoms with Crippen LogP contribution in [0, 0.1) is 5.92 Å². The lowest BCUT2D eigenvalue weighted by molar-refractivity contribution is -0.120. The largest absolute Gasteiger partial charge is 0.437 e.